The number of aliphatic carboxylic acids is 1. The van der Waals surface area contributed by atoms with Crippen LogP contribution in [0.1, 0.15) is 12.5 Å². The van der Waals surface area contributed by atoms with Gasteiger partial charge in [-0.2, -0.15) is 0 Å². The Morgan fingerprint density at radius 3 is 2.91 bits per heavy atom. The van der Waals surface area contributed by atoms with E-state index in [1.54, 1.807) is 12.1 Å². The highest BCUT2D eigenvalue weighted by molar-refractivity contribution is 5.91. The fraction of sp³-hybridized carbons (Fsp3) is 0.125. The predicted octanol–water partition coefficient (Wildman–Crippen LogP) is 1.77. The smallest absolute Gasteiger partial charge is 0.331 e. The topological polar surface area (TPSA) is 50.4 Å². The Balaban J connectivity index is 2.82. The van der Waals surface area contributed by atoms with Gasteiger partial charge in [-0.3, -0.25) is 0 Å². The lowest BCUT2D eigenvalue weighted by Crippen LogP contribution is -1.94. The van der Waals surface area contributed by atoms with Crippen LogP contribution in [0.3, 0.4) is 0 Å². The third kappa shape index (κ3) is 1.97. The van der Waals surface area contributed by atoms with E-state index in [0.717, 1.165) is 5.56 Å². The van der Waals surface area contributed by atoms with Gasteiger partial charge in [0.15, 0.2) is 0 Å². The average Bonchev–Trinajstić information content (AvgIpc) is 2.39. The minimum Gasteiger partial charge on any atom is -0.478 e. The Bertz CT molecular complexity index is 270. The Morgan fingerprint density at radius 1 is 1.73 bits per heavy atom. The molecule has 11 heavy (non-hydrogen) atoms. The highest BCUT2D eigenvalue weighted by Gasteiger charge is 1.99. The number of rotatable bonds is 2. The van der Waals surface area contributed by atoms with Crippen molar-refractivity contribution in [3.8, 4) is 0 Å². The van der Waals surface area contributed by atoms with Gasteiger partial charge in [0.25, 0.3) is 0 Å². The lowest BCUT2D eigenvalue weighted by Gasteiger charge is -1.88. The Morgan fingerprint density at radius 2 is 2.45 bits per heavy atom. The Hall–Kier alpha value is -1.51. The molecule has 1 N–H and O–H groups in total. The molecule has 0 amide bonds. The summed E-state index contributed by atoms with van der Waals surface area (Å²) in [4.78, 5) is 10.3. The van der Waals surface area contributed by atoms with Crippen molar-refractivity contribution in [1.82, 2.24) is 0 Å². The maximum atomic E-state index is 10.3. The van der Waals surface area contributed by atoms with Crippen LogP contribution in [0.4, 0.5) is 0 Å². The van der Waals surface area contributed by atoms with Gasteiger partial charge in [-0.15, -0.1) is 0 Å². The molecule has 0 unspecified atom stereocenters. The molecule has 1 aromatic rings. The first-order valence-corrected chi connectivity index (χ1v) is 3.14. The molecule has 1 rings (SSSR count). The van der Waals surface area contributed by atoms with E-state index in [1.165, 1.54) is 19.5 Å². The largest absolute Gasteiger partial charge is 0.478 e. The molecular weight excluding hydrogens is 144 g/mol. The summed E-state index contributed by atoms with van der Waals surface area (Å²) in [5.74, 6) is -0.911. The molecule has 0 bridgehead atoms. The van der Waals surface area contributed by atoms with Gasteiger partial charge in [0, 0.05) is 11.1 Å². The summed E-state index contributed by atoms with van der Waals surface area (Å²) in [5.41, 5.74) is 1.07. The van der Waals surface area contributed by atoms with Crippen LogP contribution in [-0.2, 0) is 4.79 Å². The van der Waals surface area contributed by atoms with Gasteiger partial charge in [-0.1, -0.05) is 0 Å². The lowest BCUT2D eigenvalue weighted by atomic mass is 10.2. The van der Waals surface area contributed by atoms with E-state index in [4.69, 9.17) is 9.52 Å². The molecule has 0 spiro atoms. The maximum absolute atomic E-state index is 10.3. The zero-order valence-corrected chi connectivity index (χ0v) is 6.07. The first-order chi connectivity index (χ1) is 5.20. The van der Waals surface area contributed by atoms with E-state index >= 15 is 0 Å². The maximum Gasteiger partial charge on any atom is 0.331 e. The first kappa shape index (κ1) is 7.60. The summed E-state index contributed by atoms with van der Waals surface area (Å²) in [6, 6.07) is 1.70. The van der Waals surface area contributed by atoms with Crippen molar-refractivity contribution >= 4 is 12.0 Å². The molecule has 0 aliphatic rings. The van der Waals surface area contributed by atoms with Gasteiger partial charge >= 0.3 is 5.97 Å². The monoisotopic (exact) mass is 152 g/mol. The van der Waals surface area contributed by atoms with Crippen molar-refractivity contribution in [3.63, 3.8) is 0 Å². The number of carboxylic acid groups (broad SMARTS) is 1. The number of carboxylic acids is 1. The van der Waals surface area contributed by atoms with Crippen molar-refractivity contribution in [2.45, 2.75) is 6.92 Å². The van der Waals surface area contributed by atoms with Crippen molar-refractivity contribution in [2.24, 2.45) is 0 Å². The Kier molecular flexibility index (Phi) is 2.11. The van der Waals surface area contributed by atoms with E-state index in [2.05, 4.69) is 0 Å². The molecule has 58 valence electrons. The van der Waals surface area contributed by atoms with E-state index in [9.17, 15) is 4.79 Å². The summed E-state index contributed by atoms with van der Waals surface area (Å²) >= 11 is 0. The molecular formula is C8H8O3. The fourth-order valence-corrected chi connectivity index (χ4v) is 0.669. The minimum absolute atomic E-state index is 0.298. The SMILES string of the molecule is CC(=Cc1ccoc1)C(=O)O. The number of hydrogen-bond acceptors (Lipinski definition) is 2. The van der Waals surface area contributed by atoms with E-state index in [1.807, 2.05) is 0 Å². The lowest BCUT2D eigenvalue weighted by molar-refractivity contribution is -0.132. The van der Waals surface area contributed by atoms with Crippen LogP contribution < -0.4 is 0 Å². The van der Waals surface area contributed by atoms with Gasteiger partial charge in [0.2, 0.25) is 0 Å². The highest BCUT2D eigenvalue weighted by Crippen LogP contribution is 2.06. The van der Waals surface area contributed by atoms with Crippen LogP contribution in [0.25, 0.3) is 6.08 Å². The van der Waals surface area contributed by atoms with Gasteiger partial charge in [-0.25, -0.2) is 4.79 Å². The second-order valence-electron chi connectivity index (χ2n) is 2.19. The molecule has 0 atom stereocenters. The van der Waals surface area contributed by atoms with Crippen LogP contribution in [0, 0.1) is 0 Å². The van der Waals surface area contributed by atoms with Crippen LogP contribution >= 0.6 is 0 Å². The molecule has 1 heterocycles. The second-order valence-corrected chi connectivity index (χ2v) is 2.19. The van der Waals surface area contributed by atoms with E-state index < -0.39 is 5.97 Å². The van der Waals surface area contributed by atoms with Gasteiger partial charge in [0.1, 0.15) is 0 Å². The normalized spacial score (nSPS) is 11.5. The summed E-state index contributed by atoms with van der Waals surface area (Å²) < 4.78 is 4.76. The quantitative estimate of drug-likeness (QED) is 0.657. The highest BCUT2D eigenvalue weighted by atomic mass is 16.4. The van der Waals surface area contributed by atoms with Crippen LogP contribution in [0.15, 0.2) is 28.6 Å². The van der Waals surface area contributed by atoms with E-state index in [-0.39, 0.29) is 0 Å². The summed E-state index contributed by atoms with van der Waals surface area (Å²) in [5, 5.41) is 8.48. The van der Waals surface area contributed by atoms with Crippen LogP contribution in [0.5, 0.6) is 0 Å². The molecule has 0 fully saturated rings. The van der Waals surface area contributed by atoms with Gasteiger partial charge in [-0.05, 0) is 19.1 Å². The molecule has 0 saturated carbocycles. The second kappa shape index (κ2) is 3.05. The van der Waals surface area contributed by atoms with Crippen molar-refractivity contribution in [2.75, 3.05) is 0 Å². The number of furan rings is 1. The van der Waals surface area contributed by atoms with Gasteiger partial charge < -0.3 is 9.52 Å². The zero-order valence-electron chi connectivity index (χ0n) is 6.07. The summed E-state index contributed by atoms with van der Waals surface area (Å²) in [6.45, 7) is 1.54. The molecule has 1 aromatic heterocycles. The summed E-state index contributed by atoms with van der Waals surface area (Å²) in [6.07, 6.45) is 4.54. The van der Waals surface area contributed by atoms with Crippen molar-refractivity contribution in [1.29, 1.82) is 0 Å². The summed E-state index contributed by atoms with van der Waals surface area (Å²) in [7, 11) is 0. The molecule has 0 radical (unpaired) electrons. The molecule has 3 nitrogen and oxygen atoms in total. The average molecular weight is 152 g/mol. The number of hydrogen-bond donors (Lipinski definition) is 1. The van der Waals surface area contributed by atoms with Crippen molar-refractivity contribution in [3.05, 3.63) is 29.7 Å². The molecule has 0 aromatic carbocycles. The zero-order chi connectivity index (χ0) is 8.27. The third-order valence-electron chi connectivity index (χ3n) is 1.26. The van der Waals surface area contributed by atoms with Crippen LogP contribution in [-0.4, -0.2) is 11.1 Å². The molecule has 0 aliphatic heterocycles. The molecule has 0 aliphatic carbocycles. The molecule has 0 saturated heterocycles. The Labute approximate surface area is 64.0 Å². The molecule has 3 heteroatoms. The van der Waals surface area contributed by atoms with Crippen molar-refractivity contribution < 1.29 is 14.3 Å². The predicted molar refractivity (Wildman–Crippen MR) is 40.0 cm³/mol. The van der Waals surface area contributed by atoms with Gasteiger partial charge in [0.05, 0.1) is 12.5 Å². The number of carbonyl (C=O) groups is 1. The van der Waals surface area contributed by atoms with Crippen LogP contribution in [0.2, 0.25) is 0 Å². The third-order valence-corrected chi connectivity index (χ3v) is 1.26. The first-order valence-electron chi connectivity index (χ1n) is 3.14. The minimum atomic E-state index is -0.911. The van der Waals surface area contributed by atoms with E-state index in [0.29, 0.717) is 5.57 Å². The standard InChI is InChI=1S/C8H8O3/c1-6(8(9)10)4-7-2-3-11-5-7/h2-5H,1H3,(H,9,10). The fourth-order valence-electron chi connectivity index (χ4n) is 0.669.